The normalized spacial score (nSPS) is 12.1. The Bertz CT molecular complexity index is 317. The van der Waals surface area contributed by atoms with E-state index in [0.717, 1.165) is 18.1 Å². The van der Waals surface area contributed by atoms with E-state index < -0.39 is 0 Å². The molecular weight excluding hydrogens is 222 g/mol. The van der Waals surface area contributed by atoms with Crippen LogP contribution in [0, 0.1) is 5.92 Å². The molecule has 0 amide bonds. The van der Waals surface area contributed by atoms with E-state index in [4.69, 9.17) is 4.74 Å². The van der Waals surface area contributed by atoms with Crippen LogP contribution in [-0.2, 0) is 6.54 Å². The Morgan fingerprint density at radius 2 is 2.00 bits per heavy atom. The summed E-state index contributed by atoms with van der Waals surface area (Å²) in [6.07, 6.45) is 0. The molecule has 1 aromatic rings. The maximum Gasteiger partial charge on any atom is 0.294 e. The van der Waals surface area contributed by atoms with E-state index >= 15 is 0 Å². The number of ether oxygens (including phenoxy) is 1. The molecule has 1 heterocycles. The third-order valence-corrected chi connectivity index (χ3v) is 2.47. The Hall–Kier alpha value is -0.680. The molecule has 0 aromatic carbocycles. The van der Waals surface area contributed by atoms with Crippen LogP contribution in [0.25, 0.3) is 0 Å². The van der Waals surface area contributed by atoms with Crippen LogP contribution in [0.15, 0.2) is 0 Å². The number of aromatic nitrogens is 2. The molecule has 0 aliphatic carbocycles. The Balaban J connectivity index is 2.40. The zero-order chi connectivity index (χ0) is 12.2. The summed E-state index contributed by atoms with van der Waals surface area (Å²) in [7, 11) is 0. The third kappa shape index (κ3) is 5.42. The molecule has 0 spiro atoms. The van der Waals surface area contributed by atoms with Crippen LogP contribution in [0.3, 0.4) is 0 Å². The maximum absolute atomic E-state index is 5.63. The van der Waals surface area contributed by atoms with Crippen molar-refractivity contribution in [3.8, 4) is 5.19 Å². The molecule has 16 heavy (non-hydrogen) atoms. The van der Waals surface area contributed by atoms with Crippen molar-refractivity contribution < 1.29 is 4.74 Å². The largest absolute Gasteiger partial charge is 0.463 e. The highest BCUT2D eigenvalue weighted by atomic mass is 32.1. The minimum absolute atomic E-state index is 0.206. The van der Waals surface area contributed by atoms with Gasteiger partial charge in [-0.25, -0.2) is 0 Å². The first-order valence-electron chi connectivity index (χ1n) is 5.59. The molecule has 0 unspecified atom stereocenters. The van der Waals surface area contributed by atoms with Crippen molar-refractivity contribution in [3.63, 3.8) is 0 Å². The van der Waals surface area contributed by atoms with Crippen molar-refractivity contribution in [2.24, 2.45) is 5.92 Å². The van der Waals surface area contributed by atoms with Crippen molar-refractivity contribution in [3.05, 3.63) is 5.01 Å². The summed E-state index contributed by atoms with van der Waals surface area (Å²) in [6, 6.07) is 0. The van der Waals surface area contributed by atoms with Crippen molar-refractivity contribution >= 4 is 11.3 Å². The molecule has 0 aliphatic heterocycles. The molecule has 0 saturated heterocycles. The highest BCUT2D eigenvalue weighted by molar-refractivity contribution is 7.13. The second-order valence-corrected chi connectivity index (χ2v) is 6.23. The molecule has 0 fully saturated rings. The van der Waals surface area contributed by atoms with Gasteiger partial charge < -0.3 is 10.1 Å². The predicted molar refractivity (Wildman–Crippen MR) is 66.8 cm³/mol. The smallest absolute Gasteiger partial charge is 0.294 e. The molecule has 4 nitrogen and oxygen atoms in total. The highest BCUT2D eigenvalue weighted by Gasteiger charge is 2.15. The Morgan fingerprint density at radius 1 is 1.31 bits per heavy atom. The van der Waals surface area contributed by atoms with Crippen molar-refractivity contribution in [1.29, 1.82) is 0 Å². The Kier molecular flexibility index (Phi) is 4.68. The van der Waals surface area contributed by atoms with E-state index in [-0.39, 0.29) is 5.60 Å². The number of nitrogens with one attached hydrogen (secondary N) is 1. The van der Waals surface area contributed by atoms with Gasteiger partial charge >= 0.3 is 0 Å². The minimum Gasteiger partial charge on any atom is -0.463 e. The standard InChI is InChI=1S/C11H21N3OS/c1-8(2)6-12-7-9-13-14-10(16-9)15-11(3,4)5/h8,12H,6-7H2,1-5H3. The minimum atomic E-state index is -0.206. The molecule has 5 heteroatoms. The second kappa shape index (κ2) is 5.59. The second-order valence-electron chi connectivity index (χ2n) is 5.20. The molecular formula is C11H21N3OS. The Labute approximate surface area is 101 Å². The summed E-state index contributed by atoms with van der Waals surface area (Å²) in [6.45, 7) is 12.1. The van der Waals surface area contributed by atoms with Crippen LogP contribution >= 0.6 is 11.3 Å². The van der Waals surface area contributed by atoms with E-state index in [1.807, 2.05) is 20.8 Å². The van der Waals surface area contributed by atoms with E-state index in [0.29, 0.717) is 11.1 Å². The van der Waals surface area contributed by atoms with Gasteiger partial charge in [-0.3, -0.25) is 0 Å². The van der Waals surface area contributed by atoms with Gasteiger partial charge in [-0.15, -0.1) is 5.10 Å². The van der Waals surface area contributed by atoms with Crippen LogP contribution in [0.1, 0.15) is 39.6 Å². The predicted octanol–water partition coefficient (Wildman–Crippen LogP) is 2.46. The van der Waals surface area contributed by atoms with Gasteiger partial charge in [-0.05, 0) is 33.2 Å². The highest BCUT2D eigenvalue weighted by Crippen LogP contribution is 2.22. The molecule has 1 N–H and O–H groups in total. The summed E-state index contributed by atoms with van der Waals surface area (Å²) in [5, 5.41) is 13.0. The van der Waals surface area contributed by atoms with E-state index in [9.17, 15) is 0 Å². The lowest BCUT2D eigenvalue weighted by Gasteiger charge is -2.17. The van der Waals surface area contributed by atoms with Gasteiger partial charge in [0.15, 0.2) is 0 Å². The topological polar surface area (TPSA) is 47.0 Å². The lowest BCUT2D eigenvalue weighted by atomic mass is 10.2. The summed E-state index contributed by atoms with van der Waals surface area (Å²) >= 11 is 1.50. The van der Waals surface area contributed by atoms with E-state index in [1.165, 1.54) is 11.3 Å². The fourth-order valence-electron chi connectivity index (χ4n) is 1.08. The van der Waals surface area contributed by atoms with Crippen LogP contribution in [0.4, 0.5) is 0 Å². The molecule has 1 aromatic heterocycles. The molecule has 1 rings (SSSR count). The number of nitrogens with zero attached hydrogens (tertiary/aromatic N) is 2. The maximum atomic E-state index is 5.63. The van der Waals surface area contributed by atoms with Gasteiger partial charge in [0.2, 0.25) is 0 Å². The first-order valence-corrected chi connectivity index (χ1v) is 6.40. The summed E-state index contributed by atoms with van der Waals surface area (Å²) in [5.74, 6) is 0.651. The first-order chi connectivity index (χ1) is 7.37. The molecule has 0 atom stereocenters. The van der Waals surface area contributed by atoms with E-state index in [2.05, 4.69) is 29.4 Å². The van der Waals surface area contributed by atoms with Crippen LogP contribution in [-0.4, -0.2) is 22.3 Å². The third-order valence-electron chi connectivity index (χ3n) is 1.67. The monoisotopic (exact) mass is 243 g/mol. The molecule has 92 valence electrons. The van der Waals surface area contributed by atoms with Gasteiger partial charge in [0.05, 0.1) is 0 Å². The molecule has 0 aliphatic rings. The molecule has 0 saturated carbocycles. The number of hydrogen-bond acceptors (Lipinski definition) is 5. The van der Waals surface area contributed by atoms with Gasteiger partial charge in [0, 0.05) is 6.54 Å². The van der Waals surface area contributed by atoms with Crippen molar-refractivity contribution in [2.75, 3.05) is 6.54 Å². The fourth-order valence-corrected chi connectivity index (χ4v) is 1.91. The lowest BCUT2D eigenvalue weighted by molar-refractivity contribution is 0.129. The first kappa shape index (κ1) is 13.4. The lowest BCUT2D eigenvalue weighted by Crippen LogP contribution is -2.22. The van der Waals surface area contributed by atoms with Gasteiger partial charge in [-0.1, -0.05) is 30.3 Å². The molecule has 0 radical (unpaired) electrons. The zero-order valence-electron chi connectivity index (χ0n) is 10.7. The van der Waals surface area contributed by atoms with Crippen LogP contribution in [0.2, 0.25) is 0 Å². The van der Waals surface area contributed by atoms with Crippen molar-refractivity contribution in [2.45, 2.75) is 46.8 Å². The average Bonchev–Trinajstić information content (AvgIpc) is 2.48. The summed E-state index contributed by atoms with van der Waals surface area (Å²) in [5.41, 5.74) is -0.206. The Morgan fingerprint density at radius 3 is 2.56 bits per heavy atom. The van der Waals surface area contributed by atoms with Crippen LogP contribution in [0.5, 0.6) is 5.19 Å². The fraction of sp³-hybridized carbons (Fsp3) is 0.818. The number of hydrogen-bond donors (Lipinski definition) is 1. The van der Waals surface area contributed by atoms with Crippen LogP contribution < -0.4 is 10.1 Å². The molecule has 0 bridgehead atoms. The average molecular weight is 243 g/mol. The summed E-state index contributed by atoms with van der Waals surface area (Å²) in [4.78, 5) is 0. The SMILES string of the molecule is CC(C)CNCc1nnc(OC(C)(C)C)s1. The summed E-state index contributed by atoms with van der Waals surface area (Å²) < 4.78 is 5.63. The van der Waals surface area contributed by atoms with Gasteiger partial charge in [0.1, 0.15) is 10.6 Å². The van der Waals surface area contributed by atoms with Gasteiger partial charge in [0.25, 0.3) is 5.19 Å². The van der Waals surface area contributed by atoms with Crippen molar-refractivity contribution in [1.82, 2.24) is 15.5 Å². The van der Waals surface area contributed by atoms with E-state index in [1.54, 1.807) is 0 Å². The quantitative estimate of drug-likeness (QED) is 0.863. The number of rotatable bonds is 5. The zero-order valence-corrected chi connectivity index (χ0v) is 11.5. The van der Waals surface area contributed by atoms with Gasteiger partial charge in [-0.2, -0.15) is 0 Å².